The van der Waals surface area contributed by atoms with E-state index >= 15 is 0 Å². The van der Waals surface area contributed by atoms with E-state index in [1.807, 2.05) is 0 Å². The summed E-state index contributed by atoms with van der Waals surface area (Å²) in [7, 11) is 1.54. The minimum Gasteiger partial charge on any atom is -0.478 e. The van der Waals surface area contributed by atoms with Crippen LogP contribution in [0.4, 0.5) is 4.79 Å². The van der Waals surface area contributed by atoms with Crippen molar-refractivity contribution in [1.29, 1.82) is 0 Å². The van der Waals surface area contributed by atoms with E-state index in [9.17, 15) is 14.7 Å². The topological polar surface area (TPSA) is 99.1 Å². The molecule has 23 heavy (non-hydrogen) atoms. The number of aromatic carboxylic acids is 1. The lowest BCUT2D eigenvalue weighted by Gasteiger charge is -2.37. The molecule has 126 valence electrons. The van der Waals surface area contributed by atoms with Crippen molar-refractivity contribution < 1.29 is 24.5 Å². The number of urea groups is 1. The number of rotatable bonds is 5. The largest absolute Gasteiger partial charge is 0.478 e. The van der Waals surface area contributed by atoms with Gasteiger partial charge in [-0.15, -0.1) is 0 Å². The second kappa shape index (κ2) is 7.43. The average Bonchev–Trinajstić information content (AvgIpc) is 2.53. The van der Waals surface area contributed by atoms with Crippen LogP contribution in [-0.2, 0) is 11.3 Å². The SMILES string of the molecule is COCC1(O)CCN(C(=O)NCc2cccc(C(=O)O)c2)CC1. The van der Waals surface area contributed by atoms with E-state index in [1.54, 1.807) is 24.1 Å². The van der Waals surface area contributed by atoms with Crippen LogP contribution < -0.4 is 5.32 Å². The van der Waals surface area contributed by atoms with Gasteiger partial charge in [-0.05, 0) is 30.5 Å². The number of hydrogen-bond acceptors (Lipinski definition) is 4. The number of methoxy groups -OCH3 is 1. The third-order valence-corrected chi connectivity index (χ3v) is 4.01. The molecule has 1 fully saturated rings. The number of piperidine rings is 1. The third-order valence-electron chi connectivity index (χ3n) is 4.01. The number of ether oxygens (including phenoxy) is 1. The summed E-state index contributed by atoms with van der Waals surface area (Å²) in [6.07, 6.45) is 0.950. The molecule has 1 aliphatic rings. The molecule has 1 aliphatic heterocycles. The monoisotopic (exact) mass is 322 g/mol. The highest BCUT2D eigenvalue weighted by atomic mass is 16.5. The number of aliphatic hydroxyl groups is 1. The van der Waals surface area contributed by atoms with Crippen molar-refractivity contribution in [3.05, 3.63) is 35.4 Å². The number of nitrogens with one attached hydrogen (secondary N) is 1. The molecule has 0 bridgehead atoms. The van der Waals surface area contributed by atoms with E-state index in [0.29, 0.717) is 25.9 Å². The van der Waals surface area contributed by atoms with Gasteiger partial charge in [0.2, 0.25) is 0 Å². The summed E-state index contributed by atoms with van der Waals surface area (Å²) in [5, 5.41) is 22.0. The number of benzene rings is 1. The first kappa shape index (κ1) is 17.2. The fourth-order valence-corrected chi connectivity index (χ4v) is 2.64. The van der Waals surface area contributed by atoms with Gasteiger partial charge in [0, 0.05) is 26.7 Å². The molecule has 1 heterocycles. The molecule has 2 rings (SSSR count). The summed E-state index contributed by atoms with van der Waals surface area (Å²) >= 11 is 0. The van der Waals surface area contributed by atoms with Crippen LogP contribution in [0.1, 0.15) is 28.8 Å². The summed E-state index contributed by atoms with van der Waals surface area (Å²) in [5.41, 5.74) is 0.0620. The summed E-state index contributed by atoms with van der Waals surface area (Å²) < 4.78 is 5.00. The van der Waals surface area contributed by atoms with Crippen LogP contribution in [0, 0.1) is 0 Å². The highest BCUT2D eigenvalue weighted by molar-refractivity contribution is 5.87. The molecule has 0 aliphatic carbocycles. The van der Waals surface area contributed by atoms with Crippen LogP contribution in [0.2, 0.25) is 0 Å². The summed E-state index contributed by atoms with van der Waals surface area (Å²) in [4.78, 5) is 24.7. The smallest absolute Gasteiger partial charge is 0.335 e. The van der Waals surface area contributed by atoms with E-state index in [0.717, 1.165) is 5.56 Å². The Labute approximate surface area is 134 Å². The second-order valence-electron chi connectivity index (χ2n) is 5.81. The van der Waals surface area contributed by atoms with Crippen LogP contribution in [0.15, 0.2) is 24.3 Å². The molecule has 0 aromatic heterocycles. The second-order valence-corrected chi connectivity index (χ2v) is 5.81. The molecule has 7 nitrogen and oxygen atoms in total. The fourth-order valence-electron chi connectivity index (χ4n) is 2.64. The van der Waals surface area contributed by atoms with Gasteiger partial charge in [-0.1, -0.05) is 12.1 Å². The van der Waals surface area contributed by atoms with Crippen molar-refractivity contribution in [1.82, 2.24) is 10.2 Å². The highest BCUT2D eigenvalue weighted by Crippen LogP contribution is 2.22. The van der Waals surface area contributed by atoms with E-state index < -0.39 is 11.6 Å². The molecule has 1 aromatic carbocycles. The van der Waals surface area contributed by atoms with Gasteiger partial charge in [0.15, 0.2) is 0 Å². The van der Waals surface area contributed by atoms with E-state index in [2.05, 4.69) is 5.32 Å². The van der Waals surface area contributed by atoms with E-state index in [1.165, 1.54) is 12.1 Å². The summed E-state index contributed by atoms with van der Waals surface area (Å²) in [5.74, 6) is -0.994. The zero-order valence-electron chi connectivity index (χ0n) is 13.1. The number of carboxylic acids is 1. The first-order valence-electron chi connectivity index (χ1n) is 7.50. The molecule has 0 radical (unpaired) electrons. The Morgan fingerprint density at radius 3 is 2.65 bits per heavy atom. The van der Waals surface area contributed by atoms with Crippen LogP contribution in [0.25, 0.3) is 0 Å². The fraction of sp³-hybridized carbons (Fsp3) is 0.500. The zero-order valence-corrected chi connectivity index (χ0v) is 13.1. The molecule has 0 saturated carbocycles. The maximum atomic E-state index is 12.1. The zero-order chi connectivity index (χ0) is 16.9. The van der Waals surface area contributed by atoms with Gasteiger partial charge in [-0.3, -0.25) is 0 Å². The van der Waals surface area contributed by atoms with Crippen molar-refractivity contribution in [2.24, 2.45) is 0 Å². The number of carbonyl (C=O) groups excluding carboxylic acids is 1. The lowest BCUT2D eigenvalue weighted by Crippen LogP contribution is -2.51. The average molecular weight is 322 g/mol. The maximum Gasteiger partial charge on any atom is 0.335 e. The van der Waals surface area contributed by atoms with Crippen LogP contribution in [0.5, 0.6) is 0 Å². The maximum absolute atomic E-state index is 12.1. The lowest BCUT2D eigenvalue weighted by molar-refractivity contribution is -0.0648. The van der Waals surface area contributed by atoms with E-state index in [4.69, 9.17) is 9.84 Å². The molecular weight excluding hydrogens is 300 g/mol. The standard InChI is InChI=1S/C16H22N2O5/c1-23-11-16(22)5-7-18(8-6-16)15(21)17-10-12-3-2-4-13(9-12)14(19)20/h2-4,9,22H,5-8,10-11H2,1H3,(H,17,21)(H,19,20). The van der Waals surface area contributed by atoms with Crippen molar-refractivity contribution >= 4 is 12.0 Å². The van der Waals surface area contributed by atoms with Gasteiger partial charge in [-0.2, -0.15) is 0 Å². The third kappa shape index (κ3) is 4.67. The van der Waals surface area contributed by atoms with Crippen molar-refractivity contribution in [2.45, 2.75) is 25.0 Å². The minimum atomic E-state index is -0.994. The number of likely N-dealkylation sites (tertiary alicyclic amines) is 1. The van der Waals surface area contributed by atoms with Crippen molar-refractivity contribution in [3.8, 4) is 0 Å². The predicted molar refractivity (Wildman–Crippen MR) is 83.3 cm³/mol. The van der Waals surface area contributed by atoms with Crippen LogP contribution >= 0.6 is 0 Å². The molecule has 2 amide bonds. The van der Waals surface area contributed by atoms with E-state index in [-0.39, 0.29) is 24.7 Å². The first-order valence-corrected chi connectivity index (χ1v) is 7.50. The lowest BCUT2D eigenvalue weighted by atomic mass is 9.92. The molecule has 0 unspecified atom stereocenters. The Hall–Kier alpha value is -2.12. The number of carboxylic acid groups (broad SMARTS) is 1. The van der Waals surface area contributed by atoms with Gasteiger partial charge in [-0.25, -0.2) is 9.59 Å². The molecule has 3 N–H and O–H groups in total. The quantitative estimate of drug-likeness (QED) is 0.753. The Morgan fingerprint density at radius 2 is 2.04 bits per heavy atom. The normalized spacial score (nSPS) is 16.9. The molecule has 1 saturated heterocycles. The summed E-state index contributed by atoms with van der Waals surface area (Å²) in [6, 6.07) is 6.24. The van der Waals surface area contributed by atoms with Gasteiger partial charge in [0.05, 0.1) is 17.8 Å². The Kier molecular flexibility index (Phi) is 5.57. The van der Waals surface area contributed by atoms with Gasteiger partial charge >= 0.3 is 12.0 Å². The molecule has 0 atom stereocenters. The predicted octanol–water partition coefficient (Wildman–Crippen LogP) is 1.07. The molecular formula is C16H22N2O5. The number of hydrogen-bond donors (Lipinski definition) is 3. The molecule has 7 heteroatoms. The first-order chi connectivity index (χ1) is 10.9. The van der Waals surface area contributed by atoms with Crippen LogP contribution in [-0.4, -0.2) is 59.5 Å². The van der Waals surface area contributed by atoms with Crippen molar-refractivity contribution in [2.75, 3.05) is 26.8 Å². The number of carbonyl (C=O) groups is 2. The van der Waals surface area contributed by atoms with Gasteiger partial charge in [0.25, 0.3) is 0 Å². The highest BCUT2D eigenvalue weighted by Gasteiger charge is 2.33. The Balaban J connectivity index is 1.84. The molecule has 0 spiro atoms. The van der Waals surface area contributed by atoms with Crippen LogP contribution in [0.3, 0.4) is 0 Å². The number of nitrogens with zero attached hydrogens (tertiary/aromatic N) is 1. The summed E-state index contributed by atoms with van der Waals surface area (Å²) in [6.45, 7) is 1.45. The van der Waals surface area contributed by atoms with Gasteiger partial charge < -0.3 is 25.2 Å². The Morgan fingerprint density at radius 1 is 1.35 bits per heavy atom. The number of amides is 2. The van der Waals surface area contributed by atoms with Crippen molar-refractivity contribution in [3.63, 3.8) is 0 Å². The Bertz CT molecular complexity index is 567. The minimum absolute atomic E-state index is 0.194. The molecule has 1 aromatic rings. The van der Waals surface area contributed by atoms with Gasteiger partial charge in [0.1, 0.15) is 0 Å².